The lowest BCUT2D eigenvalue weighted by molar-refractivity contribution is -0.121. The minimum absolute atomic E-state index is 0.0346. The zero-order valence-corrected chi connectivity index (χ0v) is 18.4. The highest BCUT2D eigenvalue weighted by Crippen LogP contribution is 2.25. The van der Waals surface area contributed by atoms with Crippen LogP contribution in [0.15, 0.2) is 23.3 Å². The van der Waals surface area contributed by atoms with Crippen molar-refractivity contribution in [3.63, 3.8) is 0 Å². The van der Waals surface area contributed by atoms with Crippen molar-refractivity contribution in [2.24, 2.45) is 0 Å². The molecule has 0 saturated heterocycles. The molecule has 6 nitrogen and oxygen atoms in total. The number of rotatable bonds is 7. The lowest BCUT2D eigenvalue weighted by Gasteiger charge is -2.12. The molecular formula is C22H27N3O3S. The first-order valence-corrected chi connectivity index (χ1v) is 10.5. The Labute approximate surface area is 174 Å². The van der Waals surface area contributed by atoms with Gasteiger partial charge in [0.15, 0.2) is 0 Å². The van der Waals surface area contributed by atoms with Gasteiger partial charge in [0.25, 0.3) is 5.56 Å². The van der Waals surface area contributed by atoms with Gasteiger partial charge in [-0.1, -0.05) is 6.07 Å². The summed E-state index contributed by atoms with van der Waals surface area (Å²) in [4.78, 5) is 31.0. The van der Waals surface area contributed by atoms with Crippen LogP contribution in [0.25, 0.3) is 10.2 Å². The molecule has 0 unspecified atom stereocenters. The van der Waals surface area contributed by atoms with Gasteiger partial charge in [-0.3, -0.25) is 14.2 Å². The Morgan fingerprint density at radius 1 is 1.17 bits per heavy atom. The summed E-state index contributed by atoms with van der Waals surface area (Å²) in [7, 11) is 0. The van der Waals surface area contributed by atoms with E-state index in [9.17, 15) is 9.59 Å². The minimum Gasteiger partial charge on any atom is -0.493 e. The maximum Gasteiger partial charge on any atom is 0.262 e. The van der Waals surface area contributed by atoms with Crippen LogP contribution in [-0.2, 0) is 11.3 Å². The fraction of sp³-hybridized carbons (Fsp3) is 0.409. The zero-order valence-electron chi connectivity index (χ0n) is 17.6. The third-order valence-corrected chi connectivity index (χ3v) is 6.25. The van der Waals surface area contributed by atoms with E-state index in [0.717, 1.165) is 26.6 Å². The first-order valence-electron chi connectivity index (χ1n) is 9.70. The third-order valence-electron chi connectivity index (χ3n) is 5.13. The van der Waals surface area contributed by atoms with Gasteiger partial charge < -0.3 is 10.1 Å². The number of benzene rings is 1. The van der Waals surface area contributed by atoms with Crippen molar-refractivity contribution in [3.05, 3.63) is 55.9 Å². The fourth-order valence-electron chi connectivity index (χ4n) is 3.23. The zero-order chi connectivity index (χ0) is 21.1. The number of nitrogens with one attached hydrogen (secondary N) is 1. The van der Waals surface area contributed by atoms with Gasteiger partial charge in [-0.15, -0.1) is 11.3 Å². The Bertz CT molecular complexity index is 1110. The van der Waals surface area contributed by atoms with Crippen molar-refractivity contribution < 1.29 is 9.53 Å². The summed E-state index contributed by atoms with van der Waals surface area (Å²) in [6, 6.07) is 4.17. The van der Waals surface area contributed by atoms with E-state index >= 15 is 0 Å². The number of thiophene rings is 1. The quantitative estimate of drug-likeness (QED) is 0.601. The van der Waals surface area contributed by atoms with Gasteiger partial charge in [0.05, 0.1) is 18.3 Å². The summed E-state index contributed by atoms with van der Waals surface area (Å²) >= 11 is 1.50. The molecule has 1 amide bonds. The number of ether oxygens (including phenoxy) is 1. The molecule has 0 aliphatic carbocycles. The van der Waals surface area contributed by atoms with E-state index in [-0.39, 0.29) is 18.0 Å². The molecule has 0 aliphatic heterocycles. The summed E-state index contributed by atoms with van der Waals surface area (Å²) in [6.45, 7) is 11.0. The molecular weight excluding hydrogens is 386 g/mol. The maximum absolute atomic E-state index is 12.6. The molecule has 0 bridgehead atoms. The Morgan fingerprint density at radius 2 is 1.93 bits per heavy atom. The monoisotopic (exact) mass is 413 g/mol. The minimum atomic E-state index is -0.208. The number of fused-ring (bicyclic) bond motifs is 1. The predicted molar refractivity (Wildman–Crippen MR) is 117 cm³/mol. The molecule has 0 fully saturated rings. The van der Waals surface area contributed by atoms with Gasteiger partial charge in [0.2, 0.25) is 5.91 Å². The van der Waals surface area contributed by atoms with E-state index in [1.54, 1.807) is 0 Å². The van der Waals surface area contributed by atoms with Crippen molar-refractivity contribution in [2.45, 2.75) is 47.6 Å². The second kappa shape index (κ2) is 8.78. The summed E-state index contributed by atoms with van der Waals surface area (Å²) < 4.78 is 7.23. The van der Waals surface area contributed by atoms with Crippen LogP contribution in [0.3, 0.4) is 0 Å². The lowest BCUT2D eigenvalue weighted by atomic mass is 10.1. The van der Waals surface area contributed by atoms with Crippen molar-refractivity contribution in [3.8, 4) is 5.75 Å². The number of aromatic nitrogens is 2. The summed E-state index contributed by atoms with van der Waals surface area (Å²) in [5.41, 5.74) is 4.29. The summed E-state index contributed by atoms with van der Waals surface area (Å²) in [6.07, 6.45) is 2.14. The van der Waals surface area contributed by atoms with Crippen LogP contribution in [0, 0.1) is 34.6 Å². The average molecular weight is 414 g/mol. The maximum atomic E-state index is 12.6. The molecule has 2 heterocycles. The Kier molecular flexibility index (Phi) is 6.37. The number of hydrogen-bond acceptors (Lipinski definition) is 5. The van der Waals surface area contributed by atoms with Crippen LogP contribution in [0.2, 0.25) is 0 Å². The molecule has 0 radical (unpaired) electrons. The molecule has 0 aliphatic rings. The number of amides is 1. The molecule has 29 heavy (non-hydrogen) atoms. The van der Waals surface area contributed by atoms with Crippen LogP contribution in [0.1, 0.15) is 33.6 Å². The SMILES string of the molecule is Cc1cc(C)c(C)c(OCCCNC(=O)Cn2cnc3sc(C)c(C)c3c2=O)c1. The second-order valence-corrected chi connectivity index (χ2v) is 8.60. The van der Waals surface area contributed by atoms with Crippen LogP contribution in [0.4, 0.5) is 0 Å². The molecule has 7 heteroatoms. The Morgan fingerprint density at radius 3 is 2.69 bits per heavy atom. The van der Waals surface area contributed by atoms with E-state index in [2.05, 4.69) is 23.3 Å². The molecule has 1 aromatic carbocycles. The molecule has 0 saturated carbocycles. The second-order valence-electron chi connectivity index (χ2n) is 7.40. The van der Waals surface area contributed by atoms with Crippen LogP contribution < -0.4 is 15.6 Å². The standard InChI is InChI=1S/C22H27N3O3S/c1-13-9-14(2)15(3)18(10-13)28-8-6-7-23-19(26)11-25-12-24-21-20(22(25)27)16(4)17(5)29-21/h9-10,12H,6-8,11H2,1-5H3,(H,23,26). The summed E-state index contributed by atoms with van der Waals surface area (Å²) in [5, 5.41) is 3.46. The van der Waals surface area contributed by atoms with Crippen molar-refractivity contribution in [1.29, 1.82) is 0 Å². The van der Waals surface area contributed by atoms with Gasteiger partial charge in [-0.05, 0) is 69.4 Å². The van der Waals surface area contributed by atoms with Crippen molar-refractivity contribution in [2.75, 3.05) is 13.2 Å². The first kappa shape index (κ1) is 21.0. The highest BCUT2D eigenvalue weighted by Gasteiger charge is 2.13. The topological polar surface area (TPSA) is 73.2 Å². The van der Waals surface area contributed by atoms with E-state index in [0.29, 0.717) is 25.0 Å². The number of aryl methyl sites for hydroxylation is 4. The van der Waals surface area contributed by atoms with E-state index in [1.807, 2.05) is 33.8 Å². The van der Waals surface area contributed by atoms with E-state index < -0.39 is 0 Å². The highest BCUT2D eigenvalue weighted by molar-refractivity contribution is 7.18. The first-order chi connectivity index (χ1) is 13.8. The highest BCUT2D eigenvalue weighted by atomic mass is 32.1. The molecule has 0 spiro atoms. The largest absolute Gasteiger partial charge is 0.493 e. The van der Waals surface area contributed by atoms with E-state index in [1.165, 1.54) is 33.4 Å². The van der Waals surface area contributed by atoms with Crippen LogP contribution in [-0.4, -0.2) is 28.6 Å². The number of carbonyl (C=O) groups excluding carboxylic acids is 1. The Balaban J connectivity index is 1.51. The van der Waals surface area contributed by atoms with Gasteiger partial charge >= 0.3 is 0 Å². The molecule has 2 aromatic heterocycles. The molecule has 1 N–H and O–H groups in total. The number of carbonyl (C=O) groups is 1. The van der Waals surface area contributed by atoms with Crippen molar-refractivity contribution >= 4 is 27.5 Å². The van der Waals surface area contributed by atoms with E-state index in [4.69, 9.17) is 4.74 Å². The van der Waals surface area contributed by atoms with Gasteiger partial charge in [-0.25, -0.2) is 4.98 Å². The van der Waals surface area contributed by atoms with Gasteiger partial charge in [0, 0.05) is 11.4 Å². The van der Waals surface area contributed by atoms with Gasteiger partial charge in [0.1, 0.15) is 17.1 Å². The molecule has 3 aromatic rings. The lowest BCUT2D eigenvalue weighted by Crippen LogP contribution is -2.33. The van der Waals surface area contributed by atoms with Crippen molar-refractivity contribution in [1.82, 2.24) is 14.9 Å². The van der Waals surface area contributed by atoms with Crippen LogP contribution in [0.5, 0.6) is 5.75 Å². The number of nitrogens with zero attached hydrogens (tertiary/aromatic N) is 2. The summed E-state index contributed by atoms with van der Waals surface area (Å²) in [5.74, 6) is 0.682. The fourth-order valence-corrected chi connectivity index (χ4v) is 4.21. The molecule has 0 atom stereocenters. The number of hydrogen-bond donors (Lipinski definition) is 1. The normalized spacial score (nSPS) is 11.1. The molecule has 154 valence electrons. The van der Waals surface area contributed by atoms with Crippen LogP contribution >= 0.6 is 11.3 Å². The average Bonchev–Trinajstić information content (AvgIpc) is 2.95. The predicted octanol–water partition coefficient (Wildman–Crippen LogP) is 3.59. The van der Waals surface area contributed by atoms with Gasteiger partial charge in [-0.2, -0.15) is 0 Å². The smallest absolute Gasteiger partial charge is 0.262 e. The Hall–Kier alpha value is -2.67. The third kappa shape index (κ3) is 4.67. The molecule has 3 rings (SSSR count).